The topological polar surface area (TPSA) is 33.0 Å². The molecular formula is C12H11F2NO. The second kappa shape index (κ2) is 4.18. The average molecular weight is 223 g/mol. The maximum absolute atomic E-state index is 13.0. The lowest BCUT2D eigenvalue weighted by molar-refractivity contribution is 0.171. The predicted molar refractivity (Wildman–Crippen MR) is 53.5 cm³/mol. The molecule has 1 aliphatic heterocycles. The maximum Gasteiger partial charge on any atom is 0.126 e. The molecule has 1 aromatic rings. The molecule has 0 radical (unpaired) electrons. The van der Waals surface area contributed by atoms with Crippen LogP contribution in [0.5, 0.6) is 0 Å². The molecule has 1 aromatic carbocycles. The first-order chi connectivity index (χ1) is 7.63. The number of hydrogen-bond acceptors (Lipinski definition) is 2. The Morgan fingerprint density at radius 3 is 2.50 bits per heavy atom. The van der Waals surface area contributed by atoms with E-state index in [-0.39, 0.29) is 0 Å². The normalized spacial score (nSPS) is 24.3. The van der Waals surface area contributed by atoms with Crippen molar-refractivity contribution in [3.8, 4) is 6.07 Å². The van der Waals surface area contributed by atoms with E-state index in [2.05, 4.69) is 6.07 Å². The fourth-order valence-corrected chi connectivity index (χ4v) is 1.98. The Labute approximate surface area is 92.5 Å². The summed E-state index contributed by atoms with van der Waals surface area (Å²) in [4.78, 5) is 0. The Bertz CT molecular complexity index is 413. The van der Waals surface area contributed by atoms with E-state index in [1.165, 1.54) is 12.1 Å². The third kappa shape index (κ3) is 2.20. The molecule has 16 heavy (non-hydrogen) atoms. The summed E-state index contributed by atoms with van der Waals surface area (Å²) >= 11 is 0. The Kier molecular flexibility index (Phi) is 2.88. The fraction of sp³-hybridized carbons (Fsp3) is 0.417. The molecular weight excluding hydrogens is 212 g/mol. The van der Waals surface area contributed by atoms with Crippen LogP contribution in [0.2, 0.25) is 0 Å². The van der Waals surface area contributed by atoms with E-state index in [0.29, 0.717) is 31.6 Å². The summed E-state index contributed by atoms with van der Waals surface area (Å²) in [5.74, 6) is -1.22. The van der Waals surface area contributed by atoms with Crippen molar-refractivity contribution in [2.45, 2.75) is 12.8 Å². The quantitative estimate of drug-likeness (QED) is 0.771. The number of nitriles is 1. The van der Waals surface area contributed by atoms with Gasteiger partial charge in [-0.2, -0.15) is 5.26 Å². The molecule has 1 fully saturated rings. The van der Waals surface area contributed by atoms with Gasteiger partial charge in [0.05, 0.1) is 18.1 Å². The molecule has 4 heteroatoms. The van der Waals surface area contributed by atoms with Gasteiger partial charge in [0, 0.05) is 12.7 Å². The van der Waals surface area contributed by atoms with Crippen molar-refractivity contribution in [1.82, 2.24) is 0 Å². The lowest BCUT2D eigenvalue weighted by Crippen LogP contribution is -2.21. The molecule has 0 aliphatic carbocycles. The van der Waals surface area contributed by atoms with Crippen LogP contribution in [-0.2, 0) is 11.2 Å². The summed E-state index contributed by atoms with van der Waals surface area (Å²) in [7, 11) is 0. The van der Waals surface area contributed by atoms with Crippen molar-refractivity contribution in [3.05, 3.63) is 35.4 Å². The lowest BCUT2D eigenvalue weighted by Gasteiger charge is -2.18. The van der Waals surface area contributed by atoms with Gasteiger partial charge in [-0.15, -0.1) is 0 Å². The third-order valence-corrected chi connectivity index (χ3v) is 2.81. The number of ether oxygens (including phenoxy) is 1. The van der Waals surface area contributed by atoms with Crippen molar-refractivity contribution in [1.29, 1.82) is 5.26 Å². The Balaban J connectivity index is 2.23. The van der Waals surface area contributed by atoms with Crippen LogP contribution >= 0.6 is 0 Å². The van der Waals surface area contributed by atoms with Crippen molar-refractivity contribution >= 4 is 0 Å². The van der Waals surface area contributed by atoms with Gasteiger partial charge in [0.15, 0.2) is 0 Å². The minimum Gasteiger partial charge on any atom is -0.380 e. The summed E-state index contributed by atoms with van der Waals surface area (Å²) in [5, 5.41) is 9.10. The second-order valence-electron chi connectivity index (χ2n) is 4.15. The molecule has 2 rings (SSSR count). The zero-order valence-electron chi connectivity index (χ0n) is 8.67. The number of rotatable bonds is 2. The molecule has 1 aliphatic rings. The first-order valence-electron chi connectivity index (χ1n) is 5.08. The largest absolute Gasteiger partial charge is 0.380 e. The summed E-state index contributed by atoms with van der Waals surface area (Å²) in [5.41, 5.74) is -0.121. The van der Waals surface area contributed by atoms with Crippen molar-refractivity contribution in [2.75, 3.05) is 13.2 Å². The van der Waals surface area contributed by atoms with Gasteiger partial charge < -0.3 is 4.74 Å². The highest BCUT2D eigenvalue weighted by Crippen LogP contribution is 2.32. The predicted octanol–water partition coefficient (Wildman–Crippen LogP) is 2.44. The Hall–Kier alpha value is -1.47. The van der Waals surface area contributed by atoms with Gasteiger partial charge in [0.25, 0.3) is 0 Å². The van der Waals surface area contributed by atoms with E-state index >= 15 is 0 Å². The Morgan fingerprint density at radius 1 is 1.31 bits per heavy atom. The highest BCUT2D eigenvalue weighted by atomic mass is 19.1. The number of halogens is 2. The van der Waals surface area contributed by atoms with Gasteiger partial charge >= 0.3 is 0 Å². The average Bonchev–Trinajstić information content (AvgIpc) is 2.65. The monoisotopic (exact) mass is 223 g/mol. The summed E-state index contributed by atoms with van der Waals surface area (Å²) in [6.45, 7) is 0.868. The second-order valence-corrected chi connectivity index (χ2v) is 4.15. The highest BCUT2D eigenvalue weighted by molar-refractivity contribution is 5.22. The maximum atomic E-state index is 13.0. The first kappa shape index (κ1) is 11.0. The number of nitrogens with zero attached hydrogens (tertiary/aromatic N) is 1. The van der Waals surface area contributed by atoms with Crippen LogP contribution in [0.1, 0.15) is 12.0 Å². The third-order valence-electron chi connectivity index (χ3n) is 2.81. The van der Waals surface area contributed by atoms with Crippen molar-refractivity contribution in [2.24, 2.45) is 5.41 Å². The van der Waals surface area contributed by atoms with Crippen molar-refractivity contribution < 1.29 is 13.5 Å². The van der Waals surface area contributed by atoms with Crippen LogP contribution in [0.4, 0.5) is 8.78 Å². The van der Waals surface area contributed by atoms with Crippen LogP contribution in [0.15, 0.2) is 18.2 Å². The fourth-order valence-electron chi connectivity index (χ4n) is 1.98. The summed E-state index contributed by atoms with van der Waals surface area (Å²) in [6.07, 6.45) is 0.944. The molecule has 0 spiro atoms. The minimum atomic E-state index is -0.625. The van der Waals surface area contributed by atoms with Gasteiger partial charge in [0.1, 0.15) is 11.6 Å². The van der Waals surface area contributed by atoms with Crippen LogP contribution in [0.3, 0.4) is 0 Å². The minimum absolute atomic E-state index is 0.332. The molecule has 1 unspecified atom stereocenters. The zero-order chi connectivity index (χ0) is 11.6. The summed E-state index contributed by atoms with van der Waals surface area (Å²) in [6, 6.07) is 5.55. The van der Waals surface area contributed by atoms with E-state index in [1.54, 1.807) is 0 Å². The first-order valence-corrected chi connectivity index (χ1v) is 5.08. The molecule has 0 aromatic heterocycles. The van der Waals surface area contributed by atoms with Gasteiger partial charge in [-0.05, 0) is 30.5 Å². The van der Waals surface area contributed by atoms with Crippen LogP contribution < -0.4 is 0 Å². The lowest BCUT2D eigenvalue weighted by atomic mass is 9.82. The highest BCUT2D eigenvalue weighted by Gasteiger charge is 2.35. The van der Waals surface area contributed by atoms with E-state index in [4.69, 9.17) is 10.00 Å². The van der Waals surface area contributed by atoms with Crippen LogP contribution in [-0.4, -0.2) is 13.2 Å². The van der Waals surface area contributed by atoms with Gasteiger partial charge in [-0.1, -0.05) is 0 Å². The van der Waals surface area contributed by atoms with Crippen LogP contribution in [0.25, 0.3) is 0 Å². The molecule has 1 heterocycles. The smallest absolute Gasteiger partial charge is 0.126 e. The zero-order valence-corrected chi connectivity index (χ0v) is 8.67. The van der Waals surface area contributed by atoms with E-state index in [9.17, 15) is 8.78 Å². The van der Waals surface area contributed by atoms with Gasteiger partial charge in [-0.3, -0.25) is 0 Å². The number of benzene rings is 1. The van der Waals surface area contributed by atoms with E-state index in [0.717, 1.165) is 6.07 Å². The summed E-state index contributed by atoms with van der Waals surface area (Å²) < 4.78 is 31.1. The molecule has 0 N–H and O–H groups in total. The van der Waals surface area contributed by atoms with Gasteiger partial charge in [0.2, 0.25) is 0 Å². The molecule has 2 nitrogen and oxygen atoms in total. The molecule has 84 valence electrons. The van der Waals surface area contributed by atoms with E-state index in [1.807, 2.05) is 0 Å². The Morgan fingerprint density at radius 2 is 2.00 bits per heavy atom. The molecule has 1 atom stereocenters. The molecule has 0 bridgehead atoms. The SMILES string of the molecule is N#CC1(Cc2cc(F)cc(F)c2)CCOC1. The number of hydrogen-bond donors (Lipinski definition) is 0. The van der Waals surface area contributed by atoms with Crippen molar-refractivity contribution in [3.63, 3.8) is 0 Å². The van der Waals surface area contributed by atoms with Crippen LogP contribution in [0, 0.1) is 28.4 Å². The standard InChI is InChI=1S/C12H11F2NO/c13-10-3-9(4-11(14)5-10)6-12(7-15)1-2-16-8-12/h3-5H,1-2,6,8H2. The van der Waals surface area contributed by atoms with Gasteiger partial charge in [-0.25, -0.2) is 8.78 Å². The van der Waals surface area contributed by atoms with E-state index < -0.39 is 17.0 Å². The molecule has 0 saturated carbocycles. The molecule has 0 amide bonds. The molecule has 1 saturated heterocycles.